The number of halogens is 1. The lowest BCUT2D eigenvalue weighted by Crippen LogP contribution is -2.12. The molecule has 2 nitrogen and oxygen atoms in total. The Balaban J connectivity index is 2.00. The van der Waals surface area contributed by atoms with Crippen LogP contribution in [-0.2, 0) is 6.54 Å². The largest absolute Gasteiger partial charge is 0.383 e. The molecule has 0 unspecified atom stereocenters. The van der Waals surface area contributed by atoms with E-state index in [1.807, 2.05) is 24.3 Å². The average molecular weight is 233 g/mol. The Bertz CT molecular complexity index is 457. The van der Waals surface area contributed by atoms with Gasteiger partial charge in [0, 0.05) is 22.8 Å². The van der Waals surface area contributed by atoms with E-state index in [1.165, 1.54) is 0 Å². The molecule has 0 spiro atoms. The molecule has 0 heterocycles. The van der Waals surface area contributed by atoms with Gasteiger partial charge in [-0.1, -0.05) is 23.7 Å². The fourth-order valence-corrected chi connectivity index (χ4v) is 2.13. The molecule has 0 radical (unpaired) electrons. The molecule has 0 saturated heterocycles. The first-order chi connectivity index (χ1) is 7.79. The van der Waals surface area contributed by atoms with Crippen molar-refractivity contribution in [3.05, 3.63) is 46.1 Å². The van der Waals surface area contributed by atoms with Gasteiger partial charge in [0.15, 0.2) is 0 Å². The highest BCUT2D eigenvalue weighted by Gasteiger charge is 2.13. The summed E-state index contributed by atoms with van der Waals surface area (Å²) in [6, 6.07) is 10.0. The Morgan fingerprint density at radius 2 is 2.25 bits per heavy atom. The highest BCUT2D eigenvalue weighted by molar-refractivity contribution is 6.30. The van der Waals surface area contributed by atoms with E-state index in [0.717, 1.165) is 47.7 Å². The van der Waals surface area contributed by atoms with E-state index in [0.29, 0.717) is 0 Å². The van der Waals surface area contributed by atoms with Crippen LogP contribution in [0.4, 0.5) is 0 Å². The third-order valence-electron chi connectivity index (χ3n) is 2.75. The summed E-state index contributed by atoms with van der Waals surface area (Å²) in [6.45, 7) is 0.737. The molecule has 1 N–H and O–H groups in total. The standard InChI is InChI=1S/C13H13ClN2/c14-12-5-1-3-10(7-12)9-16-13-6-2-4-11(13)8-15/h1,3,5,7,16H,2,4,6,9H2. The van der Waals surface area contributed by atoms with Gasteiger partial charge in [0.1, 0.15) is 0 Å². The molecule has 1 aromatic carbocycles. The molecule has 0 amide bonds. The van der Waals surface area contributed by atoms with Gasteiger partial charge < -0.3 is 5.32 Å². The van der Waals surface area contributed by atoms with Gasteiger partial charge in [-0.2, -0.15) is 5.26 Å². The van der Waals surface area contributed by atoms with Crippen LogP contribution in [0.1, 0.15) is 24.8 Å². The van der Waals surface area contributed by atoms with Gasteiger partial charge in [-0.15, -0.1) is 0 Å². The van der Waals surface area contributed by atoms with Crippen LogP contribution in [0.5, 0.6) is 0 Å². The number of allylic oxidation sites excluding steroid dienone is 2. The van der Waals surface area contributed by atoms with Crippen LogP contribution in [0.2, 0.25) is 5.02 Å². The molecule has 1 aliphatic rings. The van der Waals surface area contributed by atoms with Gasteiger partial charge in [0.25, 0.3) is 0 Å². The Morgan fingerprint density at radius 1 is 1.38 bits per heavy atom. The third kappa shape index (κ3) is 2.56. The molecule has 2 rings (SSSR count). The van der Waals surface area contributed by atoms with Gasteiger partial charge in [-0.3, -0.25) is 0 Å². The number of rotatable bonds is 3. The van der Waals surface area contributed by atoms with Crippen molar-refractivity contribution in [2.75, 3.05) is 0 Å². The van der Waals surface area contributed by atoms with Crippen molar-refractivity contribution in [3.63, 3.8) is 0 Å². The Hall–Kier alpha value is -1.46. The van der Waals surface area contributed by atoms with Crippen molar-refractivity contribution in [1.82, 2.24) is 5.32 Å². The summed E-state index contributed by atoms with van der Waals surface area (Å²) in [7, 11) is 0. The zero-order valence-corrected chi connectivity index (χ0v) is 9.72. The molecule has 1 aromatic rings. The van der Waals surface area contributed by atoms with E-state index in [-0.39, 0.29) is 0 Å². The van der Waals surface area contributed by atoms with E-state index in [2.05, 4.69) is 11.4 Å². The minimum Gasteiger partial charge on any atom is -0.383 e. The lowest BCUT2D eigenvalue weighted by atomic mass is 10.2. The van der Waals surface area contributed by atoms with Gasteiger partial charge in [0.2, 0.25) is 0 Å². The van der Waals surface area contributed by atoms with Crippen LogP contribution < -0.4 is 5.32 Å². The van der Waals surface area contributed by atoms with E-state index in [1.54, 1.807) is 0 Å². The summed E-state index contributed by atoms with van der Waals surface area (Å²) >= 11 is 5.90. The molecule has 0 aromatic heterocycles. The van der Waals surface area contributed by atoms with Gasteiger partial charge in [-0.25, -0.2) is 0 Å². The number of hydrogen-bond donors (Lipinski definition) is 1. The maximum atomic E-state index is 8.91. The topological polar surface area (TPSA) is 35.8 Å². The molecule has 0 atom stereocenters. The van der Waals surface area contributed by atoms with E-state index >= 15 is 0 Å². The SMILES string of the molecule is N#CC1=C(NCc2cccc(Cl)c2)CCC1. The van der Waals surface area contributed by atoms with Crippen LogP contribution in [0.3, 0.4) is 0 Å². The van der Waals surface area contributed by atoms with Gasteiger partial charge >= 0.3 is 0 Å². The maximum Gasteiger partial charge on any atom is 0.0965 e. The summed E-state index contributed by atoms with van der Waals surface area (Å²) in [5.41, 5.74) is 3.15. The fourth-order valence-electron chi connectivity index (χ4n) is 1.92. The summed E-state index contributed by atoms with van der Waals surface area (Å²) < 4.78 is 0. The molecule has 16 heavy (non-hydrogen) atoms. The van der Waals surface area contributed by atoms with Crippen LogP contribution >= 0.6 is 11.6 Å². The first-order valence-corrected chi connectivity index (χ1v) is 5.78. The van der Waals surface area contributed by atoms with Crippen LogP contribution in [0.15, 0.2) is 35.5 Å². The Labute approximate surface area is 101 Å². The van der Waals surface area contributed by atoms with Crippen molar-refractivity contribution >= 4 is 11.6 Å². The van der Waals surface area contributed by atoms with Crippen LogP contribution in [0.25, 0.3) is 0 Å². The predicted octanol–water partition coefficient (Wildman–Crippen LogP) is 3.39. The quantitative estimate of drug-likeness (QED) is 0.867. The second kappa shape index (κ2) is 5.05. The summed E-state index contributed by atoms with van der Waals surface area (Å²) in [4.78, 5) is 0. The van der Waals surface area contributed by atoms with Crippen molar-refractivity contribution in [2.24, 2.45) is 0 Å². The van der Waals surface area contributed by atoms with Crippen molar-refractivity contribution in [2.45, 2.75) is 25.8 Å². The highest BCUT2D eigenvalue weighted by Crippen LogP contribution is 2.23. The smallest absolute Gasteiger partial charge is 0.0965 e. The van der Waals surface area contributed by atoms with E-state index in [9.17, 15) is 0 Å². The lowest BCUT2D eigenvalue weighted by Gasteiger charge is -2.08. The summed E-state index contributed by atoms with van der Waals surface area (Å²) in [5.74, 6) is 0. The molecular weight excluding hydrogens is 220 g/mol. The van der Waals surface area contributed by atoms with E-state index < -0.39 is 0 Å². The average Bonchev–Trinajstić information content (AvgIpc) is 2.74. The molecular formula is C13H13ClN2. The number of nitriles is 1. The first kappa shape index (κ1) is 11.0. The minimum atomic E-state index is 0.737. The van der Waals surface area contributed by atoms with Crippen molar-refractivity contribution in [1.29, 1.82) is 5.26 Å². The normalized spacial score (nSPS) is 15.0. The molecule has 1 aliphatic carbocycles. The number of nitrogens with one attached hydrogen (secondary N) is 1. The number of hydrogen-bond acceptors (Lipinski definition) is 2. The first-order valence-electron chi connectivity index (χ1n) is 5.40. The molecule has 3 heteroatoms. The summed E-state index contributed by atoms with van der Waals surface area (Å²) in [6.07, 6.45) is 2.98. The number of nitrogens with zero attached hydrogens (tertiary/aromatic N) is 1. The van der Waals surface area contributed by atoms with Crippen LogP contribution in [0, 0.1) is 11.3 Å². The van der Waals surface area contributed by atoms with Crippen molar-refractivity contribution < 1.29 is 0 Å². The molecule has 0 bridgehead atoms. The lowest BCUT2D eigenvalue weighted by molar-refractivity contribution is 0.761. The second-order valence-electron chi connectivity index (χ2n) is 3.91. The highest BCUT2D eigenvalue weighted by atomic mass is 35.5. The Kier molecular flexibility index (Phi) is 3.48. The number of benzene rings is 1. The monoisotopic (exact) mass is 232 g/mol. The molecule has 0 fully saturated rings. The van der Waals surface area contributed by atoms with Crippen LogP contribution in [-0.4, -0.2) is 0 Å². The van der Waals surface area contributed by atoms with Gasteiger partial charge in [-0.05, 0) is 37.0 Å². The minimum absolute atomic E-state index is 0.737. The van der Waals surface area contributed by atoms with Crippen molar-refractivity contribution in [3.8, 4) is 6.07 Å². The Morgan fingerprint density at radius 3 is 3.00 bits per heavy atom. The second-order valence-corrected chi connectivity index (χ2v) is 4.34. The molecule has 0 aliphatic heterocycles. The zero-order chi connectivity index (χ0) is 11.4. The molecule has 82 valence electrons. The van der Waals surface area contributed by atoms with E-state index in [4.69, 9.17) is 16.9 Å². The maximum absolute atomic E-state index is 8.91. The third-order valence-corrected chi connectivity index (χ3v) is 2.98. The predicted molar refractivity (Wildman–Crippen MR) is 64.8 cm³/mol. The molecule has 0 saturated carbocycles. The zero-order valence-electron chi connectivity index (χ0n) is 8.96. The van der Waals surface area contributed by atoms with Gasteiger partial charge in [0.05, 0.1) is 6.07 Å². The summed E-state index contributed by atoms with van der Waals surface area (Å²) in [5, 5.41) is 13.0. The fraction of sp³-hybridized carbons (Fsp3) is 0.308.